The lowest BCUT2D eigenvalue weighted by molar-refractivity contribution is -0.943. The van der Waals surface area contributed by atoms with Gasteiger partial charge >= 0.3 is 6.03 Å². The molecule has 2 saturated heterocycles. The zero-order valence-corrected chi connectivity index (χ0v) is 17.8. The van der Waals surface area contributed by atoms with Crippen LogP contribution in [0.15, 0.2) is 24.3 Å². The third-order valence-corrected chi connectivity index (χ3v) is 8.35. The molecule has 0 bridgehead atoms. The van der Waals surface area contributed by atoms with Gasteiger partial charge in [-0.25, -0.2) is 14.7 Å². The van der Waals surface area contributed by atoms with Gasteiger partial charge in [-0.2, -0.15) is 0 Å². The van der Waals surface area contributed by atoms with Crippen LogP contribution >= 0.6 is 11.3 Å². The number of hydrogen-bond donors (Lipinski definition) is 2. The first kappa shape index (κ1) is 19.0. The first-order valence-corrected chi connectivity index (χ1v) is 11.7. The summed E-state index contributed by atoms with van der Waals surface area (Å²) in [4.78, 5) is 33.9. The number of nitrogens with zero attached hydrogens (tertiary/aromatic N) is 2. The summed E-state index contributed by atoms with van der Waals surface area (Å²) < 4.78 is 1.21. The summed E-state index contributed by atoms with van der Waals surface area (Å²) in [6.07, 6.45) is 7.28. The molecule has 6 nitrogen and oxygen atoms in total. The summed E-state index contributed by atoms with van der Waals surface area (Å²) in [5.74, 6) is 0.199. The third-order valence-electron chi connectivity index (χ3n) is 7.20. The van der Waals surface area contributed by atoms with E-state index in [1.807, 2.05) is 12.1 Å². The Hall–Kier alpha value is -1.99. The summed E-state index contributed by atoms with van der Waals surface area (Å²) in [6.45, 7) is 3.53. The summed E-state index contributed by atoms with van der Waals surface area (Å²) >= 11 is 1.75. The van der Waals surface area contributed by atoms with Crippen LogP contribution in [0.2, 0.25) is 0 Å². The van der Waals surface area contributed by atoms with Crippen molar-refractivity contribution in [2.75, 3.05) is 13.2 Å². The van der Waals surface area contributed by atoms with Gasteiger partial charge in [-0.1, -0.05) is 31.9 Å². The van der Waals surface area contributed by atoms with Gasteiger partial charge in [0.25, 0.3) is 5.91 Å². The molecular weight excluding hydrogens is 384 g/mol. The van der Waals surface area contributed by atoms with E-state index in [9.17, 15) is 9.59 Å². The van der Waals surface area contributed by atoms with E-state index < -0.39 is 5.54 Å². The number of fused-ring (bicyclic) bond motifs is 1. The standard InChI is InChI=1S/C22H28N4O2S/c1-15-8-4-6-12-22(15)20(27)26(21(28)24-22)14-25-13-7-5-10-17(25)19-23-16-9-2-3-11-18(16)29-19/h2-3,9,11,15,17H,4-8,10,12-14H2,1H3,(H,24,28)/p+1/t15-,17+,22+/m0/s1. The summed E-state index contributed by atoms with van der Waals surface area (Å²) in [5.41, 5.74) is 0.373. The largest absolute Gasteiger partial charge is 0.329 e. The first-order valence-electron chi connectivity index (χ1n) is 10.9. The number of hydrogen-bond acceptors (Lipinski definition) is 4. The number of thiazole rings is 1. The monoisotopic (exact) mass is 413 g/mol. The fourth-order valence-corrected chi connectivity index (χ4v) is 6.61. The van der Waals surface area contributed by atoms with E-state index in [2.05, 4.69) is 24.4 Å². The van der Waals surface area contributed by atoms with Crippen LogP contribution in [0.1, 0.15) is 62.9 Å². The lowest BCUT2D eigenvalue weighted by Crippen LogP contribution is -3.14. The van der Waals surface area contributed by atoms with Crippen LogP contribution in [-0.4, -0.2) is 40.6 Å². The van der Waals surface area contributed by atoms with Gasteiger partial charge in [-0.05, 0) is 43.7 Å². The molecule has 2 aliphatic heterocycles. The molecule has 3 heterocycles. The van der Waals surface area contributed by atoms with Gasteiger partial charge in [0.1, 0.15) is 11.6 Å². The summed E-state index contributed by atoms with van der Waals surface area (Å²) in [5, 5.41) is 4.23. The number of rotatable bonds is 3. The fraction of sp³-hybridized carbons (Fsp3) is 0.591. The van der Waals surface area contributed by atoms with E-state index in [4.69, 9.17) is 4.98 Å². The van der Waals surface area contributed by atoms with Crippen LogP contribution in [0.3, 0.4) is 0 Å². The maximum absolute atomic E-state index is 13.4. The lowest BCUT2D eigenvalue weighted by atomic mass is 9.73. The minimum absolute atomic E-state index is 0.00387. The molecule has 5 rings (SSSR count). The number of quaternary nitrogens is 1. The molecule has 1 spiro atoms. The van der Waals surface area contributed by atoms with Crippen molar-refractivity contribution in [1.82, 2.24) is 15.2 Å². The Morgan fingerprint density at radius 2 is 2.03 bits per heavy atom. The van der Waals surface area contributed by atoms with Crippen molar-refractivity contribution < 1.29 is 14.5 Å². The predicted molar refractivity (Wildman–Crippen MR) is 113 cm³/mol. The SMILES string of the molecule is C[C@H]1CCCC[C@@]12NC(=O)N(C[NH+]1CCCC[C@@H]1c1nc3ccccc3s1)C2=O. The average molecular weight is 414 g/mol. The zero-order chi connectivity index (χ0) is 20.0. The van der Waals surface area contributed by atoms with Crippen LogP contribution in [0.4, 0.5) is 4.79 Å². The molecule has 3 amide bonds. The van der Waals surface area contributed by atoms with Crippen molar-refractivity contribution in [2.24, 2.45) is 5.92 Å². The fourth-order valence-electron chi connectivity index (χ4n) is 5.45. The zero-order valence-electron chi connectivity index (χ0n) is 16.9. The van der Waals surface area contributed by atoms with Crippen LogP contribution < -0.4 is 10.2 Å². The molecule has 7 heteroatoms. The molecule has 4 atom stereocenters. The van der Waals surface area contributed by atoms with Crippen molar-refractivity contribution >= 4 is 33.5 Å². The van der Waals surface area contributed by atoms with Gasteiger partial charge < -0.3 is 10.2 Å². The smallest absolute Gasteiger partial charge is 0.323 e. The van der Waals surface area contributed by atoms with E-state index >= 15 is 0 Å². The van der Waals surface area contributed by atoms with Gasteiger partial charge in [0.05, 0.1) is 16.8 Å². The molecule has 2 aromatic rings. The molecule has 1 aromatic carbocycles. The van der Waals surface area contributed by atoms with Crippen LogP contribution in [0, 0.1) is 5.92 Å². The highest BCUT2D eigenvalue weighted by molar-refractivity contribution is 7.18. The first-order chi connectivity index (χ1) is 14.1. The molecule has 29 heavy (non-hydrogen) atoms. The van der Waals surface area contributed by atoms with Gasteiger partial charge in [0.2, 0.25) is 0 Å². The Labute approximate surface area is 175 Å². The highest BCUT2D eigenvalue weighted by Crippen LogP contribution is 2.38. The summed E-state index contributed by atoms with van der Waals surface area (Å²) in [6, 6.07) is 8.30. The number of urea groups is 1. The molecule has 0 radical (unpaired) electrons. The topological polar surface area (TPSA) is 66.7 Å². The number of amides is 3. The second kappa shape index (κ2) is 7.36. The molecule has 1 aliphatic carbocycles. The van der Waals surface area contributed by atoms with Crippen LogP contribution in [-0.2, 0) is 4.79 Å². The molecule has 1 aromatic heterocycles. The maximum Gasteiger partial charge on any atom is 0.329 e. The number of carbonyl (C=O) groups is 2. The van der Waals surface area contributed by atoms with Crippen LogP contribution in [0.25, 0.3) is 10.2 Å². The third kappa shape index (κ3) is 3.15. The Bertz CT molecular complexity index is 911. The number of aromatic nitrogens is 1. The number of likely N-dealkylation sites (tertiary alicyclic amines) is 1. The Morgan fingerprint density at radius 3 is 2.86 bits per heavy atom. The lowest BCUT2D eigenvalue weighted by Gasteiger charge is -2.37. The van der Waals surface area contributed by atoms with Gasteiger partial charge in [0, 0.05) is 6.42 Å². The Balaban J connectivity index is 1.39. The van der Waals surface area contributed by atoms with E-state index in [0.29, 0.717) is 6.67 Å². The number of piperidine rings is 1. The summed E-state index contributed by atoms with van der Waals surface area (Å²) in [7, 11) is 0. The number of carbonyl (C=O) groups excluding carboxylic acids is 2. The van der Waals surface area contributed by atoms with E-state index in [-0.39, 0.29) is 23.9 Å². The molecule has 1 unspecified atom stereocenters. The highest BCUT2D eigenvalue weighted by Gasteiger charge is 2.56. The van der Waals surface area contributed by atoms with Gasteiger partial charge in [0.15, 0.2) is 11.7 Å². The Kier molecular flexibility index (Phi) is 4.82. The second-order valence-electron chi connectivity index (χ2n) is 8.92. The maximum atomic E-state index is 13.4. The van der Waals surface area contributed by atoms with Gasteiger partial charge in [-0.3, -0.25) is 4.79 Å². The van der Waals surface area contributed by atoms with Crippen molar-refractivity contribution in [3.63, 3.8) is 0 Å². The molecule has 1 saturated carbocycles. The predicted octanol–water partition coefficient (Wildman–Crippen LogP) is 2.86. The highest BCUT2D eigenvalue weighted by atomic mass is 32.1. The van der Waals surface area contributed by atoms with E-state index in [1.54, 1.807) is 11.3 Å². The molecule has 154 valence electrons. The molecule has 3 aliphatic rings. The minimum atomic E-state index is -0.671. The van der Waals surface area contributed by atoms with Crippen molar-refractivity contribution in [3.05, 3.63) is 29.3 Å². The average Bonchev–Trinajstić information content (AvgIpc) is 3.26. The van der Waals surface area contributed by atoms with E-state index in [1.165, 1.54) is 20.9 Å². The Morgan fingerprint density at radius 1 is 1.21 bits per heavy atom. The quantitative estimate of drug-likeness (QED) is 0.761. The van der Waals surface area contributed by atoms with Crippen molar-refractivity contribution in [1.29, 1.82) is 0 Å². The molecular formula is C22H29N4O2S+. The molecule has 2 N–H and O–H groups in total. The second-order valence-corrected chi connectivity index (χ2v) is 9.98. The number of para-hydroxylation sites is 1. The normalized spacial score (nSPS) is 32.9. The minimum Gasteiger partial charge on any atom is -0.323 e. The van der Waals surface area contributed by atoms with Crippen LogP contribution in [0.5, 0.6) is 0 Å². The number of benzene rings is 1. The number of imide groups is 1. The van der Waals surface area contributed by atoms with E-state index in [0.717, 1.165) is 55.6 Å². The molecule has 3 fully saturated rings. The van der Waals surface area contributed by atoms with Crippen molar-refractivity contribution in [2.45, 2.75) is 63.5 Å². The number of nitrogens with one attached hydrogen (secondary N) is 2. The van der Waals surface area contributed by atoms with Crippen molar-refractivity contribution in [3.8, 4) is 0 Å². The van der Waals surface area contributed by atoms with Gasteiger partial charge in [-0.15, -0.1) is 11.3 Å².